The molecule has 0 fully saturated rings. The maximum absolute atomic E-state index is 12.5. The zero-order valence-electron chi connectivity index (χ0n) is 12.3. The number of para-hydroxylation sites is 1. The summed E-state index contributed by atoms with van der Waals surface area (Å²) in [6, 6.07) is 8.26. The molecule has 1 aromatic rings. The molecule has 1 heterocycles. The Morgan fingerprint density at radius 2 is 2.05 bits per heavy atom. The van der Waals surface area contributed by atoms with Gasteiger partial charge in [0.25, 0.3) is 0 Å². The van der Waals surface area contributed by atoms with Crippen molar-refractivity contribution in [3.63, 3.8) is 0 Å². The molecule has 0 aromatic heterocycles. The summed E-state index contributed by atoms with van der Waals surface area (Å²) in [5, 5.41) is 0. The van der Waals surface area contributed by atoms with Crippen molar-refractivity contribution in [3.05, 3.63) is 29.8 Å². The van der Waals surface area contributed by atoms with Crippen LogP contribution in [0.25, 0.3) is 0 Å². The largest absolute Gasteiger partial charge is 0.327 e. The van der Waals surface area contributed by atoms with Crippen LogP contribution >= 0.6 is 0 Å². The fraction of sp³-hybridized carbons (Fsp3) is 0.562. The Labute approximate surface area is 115 Å². The second-order valence-electron chi connectivity index (χ2n) is 6.62. The molecule has 2 atom stereocenters. The smallest absolute Gasteiger partial charge is 0.228 e. The van der Waals surface area contributed by atoms with Crippen LogP contribution in [0, 0.1) is 5.41 Å². The highest BCUT2D eigenvalue weighted by Gasteiger charge is 2.33. The Bertz CT molecular complexity index is 476. The molecule has 3 heteroatoms. The van der Waals surface area contributed by atoms with Gasteiger partial charge in [-0.15, -0.1) is 0 Å². The fourth-order valence-electron chi connectivity index (χ4n) is 2.54. The van der Waals surface area contributed by atoms with Crippen LogP contribution < -0.4 is 10.6 Å². The minimum Gasteiger partial charge on any atom is -0.327 e. The lowest BCUT2D eigenvalue weighted by molar-refractivity contribution is -0.119. The van der Waals surface area contributed by atoms with E-state index < -0.39 is 0 Å². The Balaban J connectivity index is 2.16. The third-order valence-electron chi connectivity index (χ3n) is 3.98. The summed E-state index contributed by atoms with van der Waals surface area (Å²) >= 11 is 0. The van der Waals surface area contributed by atoms with E-state index in [0.717, 1.165) is 12.1 Å². The van der Waals surface area contributed by atoms with Crippen LogP contribution in [0.3, 0.4) is 0 Å². The van der Waals surface area contributed by atoms with E-state index in [1.54, 1.807) is 0 Å². The molecule has 1 aromatic carbocycles. The third kappa shape index (κ3) is 2.81. The molecule has 1 aliphatic rings. The number of fused-ring (bicyclic) bond motifs is 1. The predicted molar refractivity (Wildman–Crippen MR) is 79.1 cm³/mol. The summed E-state index contributed by atoms with van der Waals surface area (Å²) in [4.78, 5) is 14.4. The van der Waals surface area contributed by atoms with E-state index in [-0.39, 0.29) is 23.4 Å². The molecular weight excluding hydrogens is 236 g/mol. The van der Waals surface area contributed by atoms with Crippen LogP contribution in [0.1, 0.15) is 39.7 Å². The van der Waals surface area contributed by atoms with E-state index in [1.165, 1.54) is 5.56 Å². The number of nitrogens with two attached hydrogens (primary N) is 1. The number of anilines is 1. The van der Waals surface area contributed by atoms with Crippen molar-refractivity contribution in [1.29, 1.82) is 0 Å². The van der Waals surface area contributed by atoms with Crippen molar-refractivity contribution in [2.45, 2.75) is 52.6 Å². The van der Waals surface area contributed by atoms with Gasteiger partial charge in [0, 0.05) is 24.2 Å². The Kier molecular flexibility index (Phi) is 3.68. The highest BCUT2D eigenvalue weighted by molar-refractivity contribution is 5.96. The molecule has 0 saturated carbocycles. The standard InChI is InChI=1S/C16H24N2O/c1-11-9-12-7-5-6-8-13(12)18(11)15(19)10-14(17)16(2,3)4/h5-8,11,14H,9-10,17H2,1-4H3. The van der Waals surface area contributed by atoms with Crippen LogP contribution in [-0.4, -0.2) is 18.0 Å². The molecule has 3 nitrogen and oxygen atoms in total. The van der Waals surface area contributed by atoms with Crippen molar-refractivity contribution in [3.8, 4) is 0 Å². The number of benzene rings is 1. The number of carbonyl (C=O) groups excluding carboxylic acids is 1. The van der Waals surface area contributed by atoms with E-state index in [4.69, 9.17) is 5.73 Å². The van der Waals surface area contributed by atoms with Crippen LogP contribution in [0.15, 0.2) is 24.3 Å². The molecule has 0 radical (unpaired) electrons. The second-order valence-corrected chi connectivity index (χ2v) is 6.62. The molecule has 1 aliphatic heterocycles. The van der Waals surface area contributed by atoms with Gasteiger partial charge in [-0.1, -0.05) is 39.0 Å². The predicted octanol–water partition coefficient (Wildman–Crippen LogP) is 2.73. The molecular formula is C16H24N2O. The second kappa shape index (κ2) is 4.97. The van der Waals surface area contributed by atoms with Gasteiger partial charge in [0.15, 0.2) is 0 Å². The van der Waals surface area contributed by atoms with Crippen molar-refractivity contribution >= 4 is 11.6 Å². The van der Waals surface area contributed by atoms with Crippen molar-refractivity contribution in [1.82, 2.24) is 0 Å². The molecule has 0 aliphatic carbocycles. The van der Waals surface area contributed by atoms with E-state index >= 15 is 0 Å². The summed E-state index contributed by atoms with van der Waals surface area (Å²) in [6.07, 6.45) is 1.34. The zero-order chi connectivity index (χ0) is 14.2. The van der Waals surface area contributed by atoms with Crippen molar-refractivity contribution in [2.75, 3.05) is 4.90 Å². The van der Waals surface area contributed by atoms with Crippen LogP contribution in [0.2, 0.25) is 0 Å². The molecule has 2 unspecified atom stereocenters. The number of rotatable bonds is 2. The van der Waals surface area contributed by atoms with Gasteiger partial charge in [-0.2, -0.15) is 0 Å². The minimum atomic E-state index is -0.111. The first-order valence-corrected chi connectivity index (χ1v) is 6.96. The zero-order valence-corrected chi connectivity index (χ0v) is 12.3. The highest BCUT2D eigenvalue weighted by atomic mass is 16.2. The highest BCUT2D eigenvalue weighted by Crippen LogP contribution is 2.33. The lowest BCUT2D eigenvalue weighted by Gasteiger charge is -2.30. The molecule has 0 saturated heterocycles. The van der Waals surface area contributed by atoms with Crippen LogP contribution in [0.4, 0.5) is 5.69 Å². The van der Waals surface area contributed by atoms with E-state index in [0.29, 0.717) is 6.42 Å². The lowest BCUT2D eigenvalue weighted by Crippen LogP contribution is -2.43. The van der Waals surface area contributed by atoms with E-state index in [9.17, 15) is 4.79 Å². The fourth-order valence-corrected chi connectivity index (χ4v) is 2.54. The number of hydrogen-bond acceptors (Lipinski definition) is 2. The van der Waals surface area contributed by atoms with Gasteiger partial charge in [0.05, 0.1) is 0 Å². The van der Waals surface area contributed by atoms with Crippen molar-refractivity contribution in [2.24, 2.45) is 11.1 Å². The molecule has 0 bridgehead atoms. The number of nitrogens with zero attached hydrogens (tertiary/aromatic N) is 1. The number of amides is 1. The molecule has 1 amide bonds. The maximum Gasteiger partial charge on any atom is 0.228 e. The SMILES string of the molecule is CC1Cc2ccccc2N1C(=O)CC(N)C(C)(C)C. The summed E-state index contributed by atoms with van der Waals surface area (Å²) < 4.78 is 0. The Morgan fingerprint density at radius 1 is 1.42 bits per heavy atom. The average molecular weight is 260 g/mol. The van der Waals surface area contributed by atoms with E-state index in [2.05, 4.69) is 33.8 Å². The number of hydrogen-bond donors (Lipinski definition) is 1. The summed E-state index contributed by atoms with van der Waals surface area (Å²) in [5.41, 5.74) is 8.41. The lowest BCUT2D eigenvalue weighted by atomic mass is 9.85. The average Bonchev–Trinajstić information content (AvgIpc) is 2.63. The first-order valence-electron chi connectivity index (χ1n) is 6.96. The first-order chi connectivity index (χ1) is 8.80. The van der Waals surface area contributed by atoms with Crippen LogP contribution in [-0.2, 0) is 11.2 Å². The molecule has 2 N–H and O–H groups in total. The van der Waals surface area contributed by atoms with Gasteiger partial charge >= 0.3 is 0 Å². The van der Waals surface area contributed by atoms with Crippen LogP contribution in [0.5, 0.6) is 0 Å². The van der Waals surface area contributed by atoms with Gasteiger partial charge in [0.2, 0.25) is 5.91 Å². The monoisotopic (exact) mass is 260 g/mol. The van der Waals surface area contributed by atoms with Gasteiger partial charge < -0.3 is 10.6 Å². The van der Waals surface area contributed by atoms with Gasteiger partial charge in [-0.3, -0.25) is 4.79 Å². The normalized spacial score (nSPS) is 20.3. The summed E-state index contributed by atoms with van der Waals surface area (Å²) in [6.45, 7) is 8.32. The van der Waals surface area contributed by atoms with Gasteiger partial charge in [-0.05, 0) is 30.4 Å². The summed E-state index contributed by atoms with van der Waals surface area (Å²) in [7, 11) is 0. The quantitative estimate of drug-likeness (QED) is 0.888. The maximum atomic E-state index is 12.5. The molecule has 0 spiro atoms. The topological polar surface area (TPSA) is 46.3 Å². The minimum absolute atomic E-state index is 0.0435. The summed E-state index contributed by atoms with van der Waals surface area (Å²) in [5.74, 6) is 0.139. The molecule has 19 heavy (non-hydrogen) atoms. The van der Waals surface area contributed by atoms with Crippen molar-refractivity contribution < 1.29 is 4.79 Å². The van der Waals surface area contributed by atoms with Gasteiger partial charge in [0.1, 0.15) is 0 Å². The Morgan fingerprint density at radius 3 is 2.68 bits per heavy atom. The van der Waals surface area contributed by atoms with Gasteiger partial charge in [-0.25, -0.2) is 0 Å². The Hall–Kier alpha value is -1.35. The first kappa shape index (κ1) is 14.1. The third-order valence-corrected chi connectivity index (χ3v) is 3.98. The molecule has 2 rings (SSSR count). The van der Waals surface area contributed by atoms with E-state index in [1.807, 2.05) is 23.1 Å². The molecule has 104 valence electrons. The number of carbonyl (C=O) groups is 1.